The third-order valence-corrected chi connectivity index (χ3v) is 1.92. The van der Waals surface area contributed by atoms with Gasteiger partial charge >= 0.3 is 0 Å². The third-order valence-electron chi connectivity index (χ3n) is 1.46. The predicted molar refractivity (Wildman–Crippen MR) is 60.6 cm³/mol. The van der Waals surface area contributed by atoms with Gasteiger partial charge in [0.1, 0.15) is 0 Å². The standard InChI is InChI=1S/C5H9ClO.C5H11Cl/c1-2-3-4-5(6)7;1-2-3-4-5-6/h2-4H2,1H3;2-5H2,1H3. The molecule has 0 radical (unpaired) electrons. The number of rotatable bonds is 6. The number of hydrogen-bond donors (Lipinski definition) is 0. The van der Waals surface area contributed by atoms with Gasteiger partial charge in [-0.2, -0.15) is 0 Å². The minimum Gasteiger partial charge on any atom is -0.281 e. The van der Waals surface area contributed by atoms with Crippen LogP contribution in [0.4, 0.5) is 0 Å². The van der Waals surface area contributed by atoms with Crippen LogP contribution in [0.15, 0.2) is 0 Å². The highest BCUT2D eigenvalue weighted by atomic mass is 35.5. The fraction of sp³-hybridized carbons (Fsp3) is 0.900. The molecule has 0 aliphatic heterocycles. The number of unbranched alkanes of at least 4 members (excludes halogenated alkanes) is 3. The van der Waals surface area contributed by atoms with Gasteiger partial charge in [0.25, 0.3) is 0 Å². The van der Waals surface area contributed by atoms with Crippen LogP contribution in [-0.2, 0) is 4.79 Å². The quantitative estimate of drug-likeness (QED) is 0.374. The summed E-state index contributed by atoms with van der Waals surface area (Å²) in [6.07, 6.45) is 6.22. The first-order valence-corrected chi connectivity index (χ1v) is 5.84. The molecule has 13 heavy (non-hydrogen) atoms. The zero-order valence-corrected chi connectivity index (χ0v) is 10.1. The topological polar surface area (TPSA) is 17.1 Å². The first-order valence-electron chi connectivity index (χ1n) is 4.93. The average molecular weight is 227 g/mol. The summed E-state index contributed by atoms with van der Waals surface area (Å²) in [6, 6.07) is 0. The van der Waals surface area contributed by atoms with Gasteiger partial charge in [0.15, 0.2) is 0 Å². The van der Waals surface area contributed by atoms with Crippen molar-refractivity contribution in [2.24, 2.45) is 0 Å². The Labute approximate surface area is 91.8 Å². The Balaban J connectivity index is 0. The molecule has 0 atom stereocenters. The maximum atomic E-state index is 9.97. The summed E-state index contributed by atoms with van der Waals surface area (Å²) in [4.78, 5) is 9.97. The Morgan fingerprint density at radius 2 is 1.62 bits per heavy atom. The summed E-state index contributed by atoms with van der Waals surface area (Å²) in [5, 5.41) is -0.221. The number of halogens is 2. The van der Waals surface area contributed by atoms with Crippen LogP contribution in [-0.4, -0.2) is 11.1 Å². The third kappa shape index (κ3) is 24.5. The van der Waals surface area contributed by atoms with Gasteiger partial charge in [-0.15, -0.1) is 11.6 Å². The first kappa shape index (κ1) is 15.7. The van der Waals surface area contributed by atoms with Gasteiger partial charge in [0.2, 0.25) is 5.24 Å². The van der Waals surface area contributed by atoms with E-state index in [1.807, 2.05) is 6.92 Å². The molecule has 0 aromatic rings. The summed E-state index contributed by atoms with van der Waals surface area (Å²) < 4.78 is 0. The second-order valence-corrected chi connectivity index (χ2v) is 3.65. The van der Waals surface area contributed by atoms with Gasteiger partial charge in [-0.25, -0.2) is 0 Å². The summed E-state index contributed by atoms with van der Waals surface area (Å²) in [7, 11) is 0. The van der Waals surface area contributed by atoms with Crippen molar-refractivity contribution >= 4 is 28.4 Å². The summed E-state index contributed by atoms with van der Waals surface area (Å²) >= 11 is 10.4. The minimum absolute atomic E-state index is 0.221. The molecule has 3 heteroatoms. The molecule has 0 amide bonds. The molecule has 80 valence electrons. The van der Waals surface area contributed by atoms with E-state index in [0.717, 1.165) is 18.7 Å². The monoisotopic (exact) mass is 226 g/mol. The SMILES string of the molecule is CCCCC(=O)Cl.CCCCCCl. The Bertz CT molecular complexity index is 101. The summed E-state index contributed by atoms with van der Waals surface area (Å²) in [5.41, 5.74) is 0. The normalized spacial score (nSPS) is 8.92. The minimum atomic E-state index is -0.221. The van der Waals surface area contributed by atoms with Crippen molar-refractivity contribution in [2.75, 3.05) is 5.88 Å². The van der Waals surface area contributed by atoms with Crippen molar-refractivity contribution in [2.45, 2.75) is 52.4 Å². The molecule has 0 aromatic heterocycles. The molecule has 0 rings (SSSR count). The molecular weight excluding hydrogens is 207 g/mol. The van der Waals surface area contributed by atoms with Gasteiger partial charge in [0, 0.05) is 12.3 Å². The molecule has 0 heterocycles. The van der Waals surface area contributed by atoms with Crippen molar-refractivity contribution in [3.63, 3.8) is 0 Å². The second kappa shape index (κ2) is 14.8. The lowest BCUT2D eigenvalue weighted by atomic mass is 10.3. The molecule has 0 N–H and O–H groups in total. The first-order chi connectivity index (χ1) is 6.18. The molecule has 0 bridgehead atoms. The maximum absolute atomic E-state index is 9.97. The molecule has 0 aromatic carbocycles. The van der Waals surface area contributed by atoms with Crippen molar-refractivity contribution in [1.29, 1.82) is 0 Å². The van der Waals surface area contributed by atoms with Gasteiger partial charge in [-0.3, -0.25) is 4.79 Å². The fourth-order valence-electron chi connectivity index (χ4n) is 0.660. The predicted octanol–water partition coefficient (Wildman–Crippen LogP) is 4.36. The Morgan fingerprint density at radius 3 is 1.77 bits per heavy atom. The Morgan fingerprint density at radius 1 is 1.08 bits per heavy atom. The van der Waals surface area contributed by atoms with E-state index in [2.05, 4.69) is 6.92 Å². The molecule has 0 unspecified atom stereocenters. The van der Waals surface area contributed by atoms with Crippen LogP contribution >= 0.6 is 23.2 Å². The van der Waals surface area contributed by atoms with Gasteiger partial charge in [0.05, 0.1) is 0 Å². The molecule has 0 saturated heterocycles. The van der Waals surface area contributed by atoms with E-state index < -0.39 is 0 Å². The molecule has 0 fully saturated rings. The van der Waals surface area contributed by atoms with E-state index in [0.29, 0.717) is 6.42 Å². The molecule has 0 aliphatic rings. The molecule has 0 aliphatic carbocycles. The zero-order valence-electron chi connectivity index (χ0n) is 8.61. The van der Waals surface area contributed by atoms with Crippen LogP contribution < -0.4 is 0 Å². The molecule has 0 spiro atoms. The highest BCUT2D eigenvalue weighted by Crippen LogP contribution is 1.96. The highest BCUT2D eigenvalue weighted by Gasteiger charge is 1.90. The van der Waals surface area contributed by atoms with Crippen LogP contribution in [0.5, 0.6) is 0 Å². The summed E-state index contributed by atoms with van der Waals surface area (Å²) in [5.74, 6) is 0.827. The lowest BCUT2D eigenvalue weighted by Crippen LogP contribution is -1.82. The molecule has 0 saturated carbocycles. The Kier molecular flexibility index (Phi) is 17.8. The van der Waals surface area contributed by atoms with Gasteiger partial charge < -0.3 is 0 Å². The second-order valence-electron chi connectivity index (χ2n) is 2.85. The van der Waals surface area contributed by atoms with Crippen molar-refractivity contribution in [1.82, 2.24) is 0 Å². The summed E-state index contributed by atoms with van der Waals surface area (Å²) in [6.45, 7) is 4.20. The number of hydrogen-bond acceptors (Lipinski definition) is 1. The highest BCUT2D eigenvalue weighted by molar-refractivity contribution is 6.63. The van der Waals surface area contributed by atoms with Crippen LogP contribution in [0.2, 0.25) is 0 Å². The Hall–Kier alpha value is 0.250. The van der Waals surface area contributed by atoms with E-state index >= 15 is 0 Å². The van der Waals surface area contributed by atoms with Crippen molar-refractivity contribution in [3.8, 4) is 0 Å². The van der Waals surface area contributed by atoms with E-state index in [-0.39, 0.29) is 5.24 Å². The molecule has 1 nitrogen and oxygen atoms in total. The van der Waals surface area contributed by atoms with Crippen molar-refractivity contribution in [3.05, 3.63) is 0 Å². The van der Waals surface area contributed by atoms with E-state index in [4.69, 9.17) is 23.2 Å². The van der Waals surface area contributed by atoms with Crippen LogP contribution in [0.25, 0.3) is 0 Å². The van der Waals surface area contributed by atoms with E-state index in [1.54, 1.807) is 0 Å². The number of alkyl halides is 1. The largest absolute Gasteiger partial charge is 0.281 e. The van der Waals surface area contributed by atoms with Crippen LogP contribution in [0.3, 0.4) is 0 Å². The number of carbonyl (C=O) groups is 1. The lowest BCUT2D eigenvalue weighted by molar-refractivity contribution is -0.111. The smallest absolute Gasteiger partial charge is 0.221 e. The van der Waals surface area contributed by atoms with Crippen LogP contribution in [0.1, 0.15) is 52.4 Å². The molecular formula is C10H20Cl2O. The van der Waals surface area contributed by atoms with Gasteiger partial charge in [-0.05, 0) is 24.4 Å². The van der Waals surface area contributed by atoms with E-state index in [1.165, 1.54) is 19.3 Å². The number of carbonyl (C=O) groups excluding carboxylic acids is 1. The average Bonchev–Trinajstić information content (AvgIpc) is 2.12. The van der Waals surface area contributed by atoms with E-state index in [9.17, 15) is 4.79 Å². The van der Waals surface area contributed by atoms with Crippen molar-refractivity contribution < 1.29 is 4.79 Å². The van der Waals surface area contributed by atoms with Crippen LogP contribution in [0, 0.1) is 0 Å². The maximum Gasteiger partial charge on any atom is 0.221 e. The van der Waals surface area contributed by atoms with Gasteiger partial charge in [-0.1, -0.05) is 33.1 Å². The zero-order chi connectivity index (χ0) is 10.5. The lowest BCUT2D eigenvalue weighted by Gasteiger charge is -1.84. The fourth-order valence-corrected chi connectivity index (χ4v) is 0.983.